The van der Waals surface area contributed by atoms with Gasteiger partial charge in [0.1, 0.15) is 6.61 Å². The normalized spacial score (nSPS) is 9.93. The summed E-state index contributed by atoms with van der Waals surface area (Å²) in [4.78, 5) is 8.11. The molecule has 15 heavy (non-hydrogen) atoms. The molecule has 4 heteroatoms. The Kier molecular flexibility index (Phi) is 3.49. The smallest absolute Gasteiger partial charge is 0.316 e. The van der Waals surface area contributed by atoms with Crippen LogP contribution >= 0.6 is 22.6 Å². The zero-order chi connectivity index (χ0) is 10.5. The molecule has 0 fully saturated rings. The van der Waals surface area contributed by atoms with Crippen molar-refractivity contribution in [1.29, 1.82) is 0 Å². The summed E-state index contributed by atoms with van der Waals surface area (Å²) in [5.74, 6) is 0. The highest BCUT2D eigenvalue weighted by Gasteiger charge is 1.97. The topological polar surface area (TPSA) is 35.0 Å². The summed E-state index contributed by atoms with van der Waals surface area (Å²) in [6, 6.07) is 10.4. The lowest BCUT2D eigenvalue weighted by atomic mass is 10.2. The van der Waals surface area contributed by atoms with E-state index in [0.717, 1.165) is 9.13 Å². The molecule has 1 aromatic heterocycles. The van der Waals surface area contributed by atoms with Gasteiger partial charge in [-0.2, -0.15) is 0 Å². The van der Waals surface area contributed by atoms with E-state index >= 15 is 0 Å². The summed E-state index contributed by atoms with van der Waals surface area (Å²) >= 11 is 2.16. The predicted molar refractivity (Wildman–Crippen MR) is 65.5 cm³/mol. The van der Waals surface area contributed by atoms with Gasteiger partial charge in [0, 0.05) is 16.0 Å². The maximum Gasteiger partial charge on any atom is 0.316 e. The lowest BCUT2D eigenvalue weighted by Crippen LogP contribution is -1.98. The highest BCUT2D eigenvalue weighted by atomic mass is 127. The summed E-state index contributed by atoms with van der Waals surface area (Å²) in [7, 11) is 0. The Hall–Kier alpha value is -1.17. The number of hydrogen-bond donors (Lipinski definition) is 0. The van der Waals surface area contributed by atoms with Crippen LogP contribution in [0.15, 0.2) is 42.7 Å². The van der Waals surface area contributed by atoms with Crippen molar-refractivity contribution in [2.75, 3.05) is 0 Å². The first-order valence-corrected chi connectivity index (χ1v) is 5.57. The molecule has 1 aromatic carbocycles. The number of aromatic nitrogens is 2. The minimum absolute atomic E-state index is 0.416. The molecule has 0 N–H and O–H groups in total. The first-order valence-electron chi connectivity index (χ1n) is 4.49. The van der Waals surface area contributed by atoms with E-state index in [0.29, 0.717) is 12.6 Å². The van der Waals surface area contributed by atoms with Gasteiger partial charge >= 0.3 is 6.01 Å². The maximum atomic E-state index is 5.42. The van der Waals surface area contributed by atoms with Crippen LogP contribution in [0.2, 0.25) is 0 Å². The molecule has 0 bridgehead atoms. The fourth-order valence-corrected chi connectivity index (χ4v) is 1.38. The summed E-state index contributed by atoms with van der Waals surface area (Å²) in [5, 5.41) is 0. The fraction of sp³-hybridized carbons (Fsp3) is 0.0909. The second-order valence-electron chi connectivity index (χ2n) is 2.96. The highest BCUT2D eigenvalue weighted by Crippen LogP contribution is 2.07. The molecular weight excluding hydrogens is 303 g/mol. The van der Waals surface area contributed by atoms with Gasteiger partial charge in [-0.3, -0.25) is 0 Å². The molecule has 0 radical (unpaired) electrons. The van der Waals surface area contributed by atoms with Gasteiger partial charge in [-0.25, -0.2) is 9.97 Å². The Labute approximate surface area is 102 Å². The Morgan fingerprint density at radius 3 is 2.40 bits per heavy atom. The Morgan fingerprint density at radius 1 is 1.07 bits per heavy atom. The molecule has 0 unspecified atom stereocenters. The Bertz CT molecular complexity index is 416. The quantitative estimate of drug-likeness (QED) is 0.817. The monoisotopic (exact) mass is 312 g/mol. The van der Waals surface area contributed by atoms with Gasteiger partial charge in [-0.05, 0) is 28.2 Å². The number of hydrogen-bond acceptors (Lipinski definition) is 3. The number of ether oxygens (including phenoxy) is 1. The van der Waals surface area contributed by atoms with E-state index in [1.165, 1.54) is 0 Å². The van der Waals surface area contributed by atoms with Crippen LogP contribution in [-0.4, -0.2) is 9.97 Å². The van der Waals surface area contributed by atoms with E-state index in [1.54, 1.807) is 12.4 Å². The van der Waals surface area contributed by atoms with Crippen LogP contribution in [0.3, 0.4) is 0 Å². The van der Waals surface area contributed by atoms with Crippen molar-refractivity contribution >= 4 is 22.6 Å². The van der Waals surface area contributed by atoms with Crippen LogP contribution in [-0.2, 0) is 6.61 Å². The molecule has 0 aliphatic carbocycles. The van der Waals surface area contributed by atoms with E-state index in [9.17, 15) is 0 Å². The van der Waals surface area contributed by atoms with E-state index in [2.05, 4.69) is 32.6 Å². The number of halogens is 1. The second kappa shape index (κ2) is 5.06. The van der Waals surface area contributed by atoms with Crippen LogP contribution in [0, 0.1) is 3.57 Å². The van der Waals surface area contributed by atoms with Crippen LogP contribution < -0.4 is 4.74 Å². The summed E-state index contributed by atoms with van der Waals surface area (Å²) in [6.45, 7) is 0.501. The summed E-state index contributed by atoms with van der Waals surface area (Å²) < 4.78 is 6.42. The van der Waals surface area contributed by atoms with E-state index in [1.807, 2.05) is 30.3 Å². The molecule has 1 heterocycles. The average molecular weight is 312 g/mol. The van der Waals surface area contributed by atoms with Crippen molar-refractivity contribution < 1.29 is 4.74 Å². The fourth-order valence-electron chi connectivity index (χ4n) is 1.10. The van der Waals surface area contributed by atoms with Crippen LogP contribution in [0.5, 0.6) is 6.01 Å². The molecular formula is C11H9IN2O. The van der Waals surface area contributed by atoms with Gasteiger partial charge in [0.2, 0.25) is 0 Å². The van der Waals surface area contributed by atoms with Crippen LogP contribution in [0.4, 0.5) is 0 Å². The Morgan fingerprint density at radius 2 is 1.73 bits per heavy atom. The van der Waals surface area contributed by atoms with E-state index < -0.39 is 0 Å². The molecule has 0 saturated heterocycles. The standard InChI is InChI=1S/C11H9IN2O/c12-10-6-13-11(14-7-10)15-8-9-4-2-1-3-5-9/h1-7H,8H2. The van der Waals surface area contributed by atoms with Gasteiger partial charge in [0.15, 0.2) is 0 Å². The van der Waals surface area contributed by atoms with E-state index in [-0.39, 0.29) is 0 Å². The van der Waals surface area contributed by atoms with Crippen molar-refractivity contribution in [3.8, 4) is 6.01 Å². The third-order valence-corrected chi connectivity index (χ3v) is 2.36. The van der Waals surface area contributed by atoms with Gasteiger partial charge in [0.25, 0.3) is 0 Å². The minimum atomic E-state index is 0.416. The number of rotatable bonds is 3. The minimum Gasteiger partial charge on any atom is -0.459 e. The molecule has 76 valence electrons. The van der Waals surface area contributed by atoms with Crippen LogP contribution in [0.25, 0.3) is 0 Å². The molecule has 0 aliphatic heterocycles. The molecule has 0 aliphatic rings. The van der Waals surface area contributed by atoms with Crippen molar-refractivity contribution in [2.24, 2.45) is 0 Å². The third kappa shape index (κ3) is 3.16. The predicted octanol–water partition coefficient (Wildman–Crippen LogP) is 2.66. The highest BCUT2D eigenvalue weighted by molar-refractivity contribution is 14.1. The largest absolute Gasteiger partial charge is 0.459 e. The molecule has 0 amide bonds. The van der Waals surface area contributed by atoms with Crippen molar-refractivity contribution in [1.82, 2.24) is 9.97 Å². The lowest BCUT2D eigenvalue weighted by molar-refractivity contribution is 0.280. The molecule has 2 aromatic rings. The second-order valence-corrected chi connectivity index (χ2v) is 4.20. The number of nitrogens with zero attached hydrogens (tertiary/aromatic N) is 2. The van der Waals surface area contributed by atoms with Gasteiger partial charge in [-0.15, -0.1) is 0 Å². The van der Waals surface area contributed by atoms with Gasteiger partial charge in [0.05, 0.1) is 0 Å². The molecule has 0 spiro atoms. The average Bonchev–Trinajstić information content (AvgIpc) is 2.30. The van der Waals surface area contributed by atoms with E-state index in [4.69, 9.17) is 4.74 Å². The molecule has 0 saturated carbocycles. The zero-order valence-electron chi connectivity index (χ0n) is 7.93. The van der Waals surface area contributed by atoms with Gasteiger partial charge < -0.3 is 4.74 Å². The molecule has 0 atom stereocenters. The zero-order valence-corrected chi connectivity index (χ0v) is 10.1. The van der Waals surface area contributed by atoms with Crippen molar-refractivity contribution in [3.05, 3.63) is 51.9 Å². The van der Waals surface area contributed by atoms with Crippen molar-refractivity contribution in [2.45, 2.75) is 6.61 Å². The summed E-state index contributed by atoms with van der Waals surface area (Å²) in [6.07, 6.45) is 3.46. The van der Waals surface area contributed by atoms with Gasteiger partial charge in [-0.1, -0.05) is 30.3 Å². The third-order valence-electron chi connectivity index (χ3n) is 1.81. The molecule has 2 rings (SSSR count). The maximum absolute atomic E-state index is 5.42. The number of benzene rings is 1. The first kappa shape index (κ1) is 10.4. The lowest BCUT2D eigenvalue weighted by Gasteiger charge is -2.03. The van der Waals surface area contributed by atoms with Crippen LogP contribution in [0.1, 0.15) is 5.56 Å². The Balaban J connectivity index is 1.96. The molecule has 3 nitrogen and oxygen atoms in total. The summed E-state index contributed by atoms with van der Waals surface area (Å²) in [5.41, 5.74) is 1.11. The SMILES string of the molecule is Ic1cnc(OCc2ccccc2)nc1. The van der Waals surface area contributed by atoms with Crippen molar-refractivity contribution in [3.63, 3.8) is 0 Å². The first-order chi connectivity index (χ1) is 7.34.